The van der Waals surface area contributed by atoms with Crippen molar-refractivity contribution >= 4 is 22.9 Å². The van der Waals surface area contributed by atoms with Crippen LogP contribution in [0.3, 0.4) is 0 Å². The number of ether oxygens (including phenoxy) is 1. The van der Waals surface area contributed by atoms with Crippen LogP contribution < -0.4 is 4.90 Å². The Morgan fingerprint density at radius 3 is 2.44 bits per heavy atom. The zero-order valence-electron chi connectivity index (χ0n) is 24.5. The first-order chi connectivity index (χ1) is 18.3. The fourth-order valence-electron chi connectivity index (χ4n) is 6.29. The molecular weight excluding hydrogens is 489 g/mol. The van der Waals surface area contributed by atoms with Crippen LogP contribution in [0, 0.1) is 11.7 Å². The van der Waals surface area contributed by atoms with E-state index < -0.39 is 11.3 Å². The van der Waals surface area contributed by atoms with Crippen LogP contribution in [0.15, 0.2) is 70.9 Å². The molecule has 1 saturated carbocycles. The highest BCUT2D eigenvalue weighted by atomic mass is 19.1. The lowest BCUT2D eigenvalue weighted by Crippen LogP contribution is -2.47. The van der Waals surface area contributed by atoms with Crippen molar-refractivity contribution in [1.82, 2.24) is 0 Å². The Morgan fingerprint density at radius 1 is 1.05 bits per heavy atom. The Balaban J connectivity index is 1.47. The van der Waals surface area contributed by atoms with E-state index in [9.17, 15) is 9.18 Å². The molecule has 5 nitrogen and oxygen atoms in total. The summed E-state index contributed by atoms with van der Waals surface area (Å²) in [5, 5.41) is 0. The van der Waals surface area contributed by atoms with Crippen molar-refractivity contribution in [3.05, 3.63) is 82.8 Å². The summed E-state index contributed by atoms with van der Waals surface area (Å²) in [6.45, 7) is 10.3. The minimum Gasteiger partial charge on any atom is -0.376 e. The predicted octanol–water partition coefficient (Wildman–Crippen LogP) is 6.11. The highest BCUT2D eigenvalue weighted by molar-refractivity contribution is 6.16. The van der Waals surface area contributed by atoms with Gasteiger partial charge in [0, 0.05) is 47.9 Å². The van der Waals surface area contributed by atoms with Gasteiger partial charge in [0.2, 0.25) is 0 Å². The second-order valence-electron chi connectivity index (χ2n) is 13.1. The molecule has 0 N–H and O–H groups in total. The average Bonchev–Trinajstić information content (AvgIpc) is 3.23. The Bertz CT molecular complexity index is 1410. The molecule has 0 amide bonds. The van der Waals surface area contributed by atoms with Gasteiger partial charge in [-0.3, -0.25) is 9.79 Å². The number of nitrogens with zero attached hydrogens (tertiary/aromatic N) is 3. The van der Waals surface area contributed by atoms with Crippen LogP contribution in [0.1, 0.15) is 45.2 Å². The summed E-state index contributed by atoms with van der Waals surface area (Å²) in [7, 11) is 8.22. The van der Waals surface area contributed by atoms with Crippen LogP contribution in [0.4, 0.5) is 15.8 Å². The molecule has 6 heteroatoms. The van der Waals surface area contributed by atoms with Gasteiger partial charge in [-0.05, 0) is 41.5 Å². The van der Waals surface area contributed by atoms with Crippen molar-refractivity contribution in [2.75, 3.05) is 46.2 Å². The Hall–Kier alpha value is -3.09. The Labute approximate surface area is 232 Å². The number of ketones is 1. The van der Waals surface area contributed by atoms with Gasteiger partial charge in [-0.25, -0.2) is 4.39 Å². The number of para-hydroxylation sites is 1. The molecule has 2 aromatic rings. The number of allylic oxidation sites excluding steroid dienone is 2. The van der Waals surface area contributed by atoms with Crippen LogP contribution in [0.5, 0.6) is 0 Å². The van der Waals surface area contributed by atoms with Crippen molar-refractivity contribution in [3.8, 4) is 0 Å². The number of rotatable bonds is 7. The quantitative estimate of drug-likeness (QED) is 0.321. The number of benzene rings is 2. The van der Waals surface area contributed by atoms with Gasteiger partial charge in [-0.2, -0.15) is 0 Å². The number of aliphatic imine (C=N–C) groups is 1. The van der Waals surface area contributed by atoms with Gasteiger partial charge >= 0.3 is 0 Å². The van der Waals surface area contributed by atoms with E-state index in [0.29, 0.717) is 5.57 Å². The molecule has 39 heavy (non-hydrogen) atoms. The molecule has 5 rings (SSSR count). The van der Waals surface area contributed by atoms with Gasteiger partial charge in [-0.15, -0.1) is 0 Å². The molecule has 2 unspecified atom stereocenters. The number of halogens is 1. The maximum absolute atomic E-state index is 14.4. The zero-order chi connectivity index (χ0) is 28.3. The lowest BCUT2D eigenvalue weighted by atomic mass is 9.71. The van der Waals surface area contributed by atoms with Crippen molar-refractivity contribution in [3.63, 3.8) is 0 Å². The van der Waals surface area contributed by atoms with Gasteiger partial charge in [0.05, 0.1) is 51.1 Å². The molecule has 206 valence electrons. The molecule has 1 aliphatic carbocycles. The second kappa shape index (κ2) is 9.53. The highest BCUT2D eigenvalue weighted by Crippen LogP contribution is 2.50. The standard InChI is InChI=1S/C33H41FN3O2/c1-32(2)24-12-9-10-13-26(24)35-28(32)19-22-30(38)23(31(22)39-8)20-29-33(3,4)25-18-21(34)14-15-27(25)36(29)16-11-17-37(5,6)7/h9-10,12-15,18-20,23,31H,11,16-17H2,1-8H3/q+1/b22-19+,29-20+. The van der Waals surface area contributed by atoms with Crippen LogP contribution in [0.2, 0.25) is 0 Å². The van der Waals surface area contributed by atoms with Gasteiger partial charge in [0.1, 0.15) is 5.82 Å². The monoisotopic (exact) mass is 530 g/mol. The lowest BCUT2D eigenvalue weighted by molar-refractivity contribution is -0.870. The third-order valence-electron chi connectivity index (χ3n) is 8.63. The number of carbonyl (C=O) groups excluding carboxylic acids is 1. The summed E-state index contributed by atoms with van der Waals surface area (Å²) in [5.41, 5.74) is 5.95. The number of methoxy groups -OCH3 is 1. The van der Waals surface area contributed by atoms with E-state index in [-0.39, 0.29) is 23.1 Å². The van der Waals surface area contributed by atoms with Gasteiger partial charge in [0.25, 0.3) is 0 Å². The number of hydrogen-bond acceptors (Lipinski definition) is 4. The average molecular weight is 531 g/mol. The zero-order valence-corrected chi connectivity index (χ0v) is 24.5. The summed E-state index contributed by atoms with van der Waals surface area (Å²) in [6, 6.07) is 13.2. The summed E-state index contributed by atoms with van der Waals surface area (Å²) in [5.74, 6) is -0.578. The van der Waals surface area contributed by atoms with Gasteiger partial charge in [-0.1, -0.05) is 52.0 Å². The minimum atomic E-state index is -0.439. The van der Waals surface area contributed by atoms with Crippen molar-refractivity contribution < 1.29 is 18.4 Å². The van der Waals surface area contributed by atoms with E-state index >= 15 is 0 Å². The van der Waals surface area contributed by atoms with E-state index in [1.807, 2.05) is 30.3 Å². The van der Waals surface area contributed by atoms with E-state index in [2.05, 4.69) is 65.9 Å². The van der Waals surface area contributed by atoms with E-state index in [4.69, 9.17) is 9.73 Å². The number of fused-ring (bicyclic) bond motifs is 2. The normalized spacial score (nSPS) is 25.1. The van der Waals surface area contributed by atoms with Crippen LogP contribution >= 0.6 is 0 Å². The number of quaternary nitrogens is 1. The maximum Gasteiger partial charge on any atom is 0.171 e. The largest absolute Gasteiger partial charge is 0.376 e. The smallest absolute Gasteiger partial charge is 0.171 e. The SMILES string of the molecule is COC1/C(=C/C2=Nc3ccccc3C2(C)C)C(=O)C1/C=C1/N(CCC[N+](C)(C)C)c2ccc(F)cc2C1(C)C. The molecule has 2 aromatic carbocycles. The maximum atomic E-state index is 14.4. The minimum absolute atomic E-state index is 0.0630. The summed E-state index contributed by atoms with van der Waals surface area (Å²) < 4.78 is 21.1. The Kier molecular flexibility index (Phi) is 6.71. The molecule has 2 atom stereocenters. The first-order valence-electron chi connectivity index (χ1n) is 13.8. The molecule has 3 aliphatic rings. The molecule has 0 saturated heterocycles. The third-order valence-corrected chi connectivity index (χ3v) is 8.63. The van der Waals surface area contributed by atoms with E-state index in [0.717, 1.165) is 52.3 Å². The molecule has 0 aromatic heterocycles. The molecular formula is C33H41FN3O2+. The lowest BCUT2D eigenvalue weighted by Gasteiger charge is -2.38. The molecule has 0 spiro atoms. The van der Waals surface area contributed by atoms with Crippen LogP contribution in [-0.2, 0) is 20.4 Å². The Morgan fingerprint density at radius 2 is 1.77 bits per heavy atom. The van der Waals surface area contributed by atoms with E-state index in [1.54, 1.807) is 13.2 Å². The number of anilines is 1. The summed E-state index contributed by atoms with van der Waals surface area (Å²) in [6.07, 6.45) is 4.64. The molecule has 2 heterocycles. The topological polar surface area (TPSA) is 41.9 Å². The second-order valence-corrected chi connectivity index (χ2v) is 13.1. The van der Waals surface area contributed by atoms with Crippen molar-refractivity contribution in [1.29, 1.82) is 0 Å². The highest BCUT2D eigenvalue weighted by Gasteiger charge is 2.48. The number of Topliss-reactive ketones (excluding diaryl/α,β-unsaturated/α-hetero) is 1. The molecule has 1 fully saturated rings. The van der Waals surface area contributed by atoms with Gasteiger partial charge in [0.15, 0.2) is 5.78 Å². The van der Waals surface area contributed by atoms with Crippen LogP contribution in [-0.4, -0.2) is 63.4 Å². The molecule has 0 bridgehead atoms. The fourth-order valence-corrected chi connectivity index (χ4v) is 6.29. The predicted molar refractivity (Wildman–Crippen MR) is 156 cm³/mol. The fraction of sp³-hybridized carbons (Fsp3) is 0.455. The number of hydrogen-bond donors (Lipinski definition) is 0. The van der Waals surface area contributed by atoms with Crippen molar-refractivity contribution in [2.24, 2.45) is 10.9 Å². The van der Waals surface area contributed by atoms with E-state index in [1.165, 1.54) is 11.6 Å². The third kappa shape index (κ3) is 4.68. The van der Waals surface area contributed by atoms with Crippen molar-refractivity contribution in [2.45, 2.75) is 51.0 Å². The van der Waals surface area contributed by atoms with Crippen LogP contribution in [0.25, 0.3) is 0 Å². The summed E-state index contributed by atoms with van der Waals surface area (Å²) >= 11 is 0. The summed E-state index contributed by atoms with van der Waals surface area (Å²) in [4.78, 5) is 20.8. The van der Waals surface area contributed by atoms with Gasteiger partial charge < -0.3 is 14.1 Å². The molecule has 0 radical (unpaired) electrons. The first-order valence-corrected chi connectivity index (χ1v) is 13.8. The number of carbonyl (C=O) groups is 1. The molecule has 2 aliphatic heterocycles. The first kappa shape index (κ1) is 27.5.